The Morgan fingerprint density at radius 3 is 2.77 bits per heavy atom. The van der Waals surface area contributed by atoms with Gasteiger partial charge in [-0.05, 0) is 69.6 Å². The van der Waals surface area contributed by atoms with Gasteiger partial charge in [0.25, 0.3) is 5.56 Å². The number of nitrogens with zero attached hydrogens (tertiary/aromatic N) is 3. The van der Waals surface area contributed by atoms with E-state index in [0.29, 0.717) is 10.9 Å². The van der Waals surface area contributed by atoms with Gasteiger partial charge in [0.05, 0.1) is 16.8 Å². The number of rotatable bonds is 4. The highest BCUT2D eigenvalue weighted by Crippen LogP contribution is 2.35. The van der Waals surface area contributed by atoms with Crippen molar-refractivity contribution >= 4 is 39.2 Å². The summed E-state index contributed by atoms with van der Waals surface area (Å²) in [6.45, 7) is 2.96. The van der Waals surface area contributed by atoms with Crippen molar-refractivity contribution < 1.29 is 4.79 Å². The number of hydrogen-bond donors (Lipinski definition) is 0. The fourth-order valence-corrected chi connectivity index (χ4v) is 6.97. The Morgan fingerprint density at radius 1 is 1.16 bits per heavy atom. The van der Waals surface area contributed by atoms with Crippen LogP contribution in [0.25, 0.3) is 15.9 Å². The number of thiophene rings is 1. The molecule has 1 saturated heterocycles. The summed E-state index contributed by atoms with van der Waals surface area (Å²) in [5.74, 6) is 0.442. The van der Waals surface area contributed by atoms with Gasteiger partial charge in [0.2, 0.25) is 5.91 Å². The lowest BCUT2D eigenvalue weighted by Gasteiger charge is -2.33. The molecule has 1 aromatic carbocycles. The molecule has 3 aromatic rings. The first-order valence-corrected chi connectivity index (χ1v) is 13.0. The number of piperidine rings is 1. The van der Waals surface area contributed by atoms with Crippen molar-refractivity contribution in [3.8, 4) is 5.69 Å². The molecule has 1 aliphatic carbocycles. The smallest absolute Gasteiger partial charge is 0.267 e. The van der Waals surface area contributed by atoms with Crippen LogP contribution >= 0.6 is 23.1 Å². The standard InChI is InChI=1S/C24H27N3O2S2/c1-16-9-7-8-14-26(16)20(28)15-30-24-25-22-21(18-12-5-6-13-19(18)31-22)23(29)27(24)17-10-3-2-4-11-17/h2-4,10-11,16H,5-9,12-15H2,1H3. The molecule has 2 aliphatic rings. The zero-order chi connectivity index (χ0) is 21.4. The van der Waals surface area contributed by atoms with Crippen LogP contribution in [-0.4, -0.2) is 38.7 Å². The third-order valence-corrected chi connectivity index (χ3v) is 8.53. The first-order valence-electron chi connectivity index (χ1n) is 11.2. The first kappa shape index (κ1) is 20.8. The SMILES string of the molecule is CC1CCCCN1C(=O)CSc1nc2sc3c(c2c(=O)n1-c1ccccc1)CCCC3. The van der Waals surface area contributed by atoms with Gasteiger partial charge in [-0.25, -0.2) is 4.98 Å². The number of likely N-dealkylation sites (tertiary alicyclic amines) is 1. The van der Waals surface area contributed by atoms with Crippen LogP contribution in [-0.2, 0) is 17.6 Å². The molecule has 3 heterocycles. The van der Waals surface area contributed by atoms with E-state index in [4.69, 9.17) is 4.98 Å². The number of aromatic nitrogens is 2. The second-order valence-electron chi connectivity index (χ2n) is 8.48. The number of amides is 1. The normalized spacial score (nSPS) is 18.9. The molecule has 7 heteroatoms. The fraction of sp³-hybridized carbons (Fsp3) is 0.458. The van der Waals surface area contributed by atoms with Crippen molar-refractivity contribution in [3.63, 3.8) is 0 Å². The summed E-state index contributed by atoms with van der Waals surface area (Å²) in [5.41, 5.74) is 2.00. The lowest BCUT2D eigenvalue weighted by atomic mass is 9.97. The summed E-state index contributed by atoms with van der Waals surface area (Å²) in [5, 5.41) is 1.39. The molecular weight excluding hydrogens is 426 g/mol. The van der Waals surface area contributed by atoms with Crippen molar-refractivity contribution in [2.24, 2.45) is 0 Å². The van der Waals surface area contributed by atoms with Crippen LogP contribution < -0.4 is 5.56 Å². The Labute approximate surface area is 190 Å². The van der Waals surface area contributed by atoms with Crippen molar-refractivity contribution in [1.29, 1.82) is 0 Å². The van der Waals surface area contributed by atoms with Crippen molar-refractivity contribution in [1.82, 2.24) is 14.5 Å². The lowest BCUT2D eigenvalue weighted by molar-refractivity contribution is -0.131. The van der Waals surface area contributed by atoms with Gasteiger partial charge >= 0.3 is 0 Å². The lowest BCUT2D eigenvalue weighted by Crippen LogP contribution is -2.43. The van der Waals surface area contributed by atoms with E-state index in [0.717, 1.165) is 54.6 Å². The Morgan fingerprint density at radius 2 is 1.97 bits per heavy atom. The molecule has 0 spiro atoms. The number of carbonyl (C=O) groups is 1. The molecular formula is C24H27N3O2S2. The number of thioether (sulfide) groups is 1. The Bertz CT molecular complexity index is 1170. The molecule has 0 radical (unpaired) electrons. The number of aryl methyl sites for hydroxylation is 2. The summed E-state index contributed by atoms with van der Waals surface area (Å²) in [6.07, 6.45) is 7.62. The van der Waals surface area contributed by atoms with Gasteiger partial charge in [0.15, 0.2) is 5.16 Å². The molecule has 0 N–H and O–H groups in total. The molecule has 5 nitrogen and oxygen atoms in total. The molecule has 1 amide bonds. The zero-order valence-electron chi connectivity index (χ0n) is 17.8. The second-order valence-corrected chi connectivity index (χ2v) is 10.5. The summed E-state index contributed by atoms with van der Waals surface area (Å²) < 4.78 is 1.71. The number of hydrogen-bond acceptors (Lipinski definition) is 5. The largest absolute Gasteiger partial charge is 0.339 e. The second kappa shape index (κ2) is 8.79. The Hall–Kier alpha value is -2.12. The molecule has 5 rings (SSSR count). The van der Waals surface area contributed by atoms with E-state index < -0.39 is 0 Å². The van der Waals surface area contributed by atoms with Gasteiger partial charge in [-0.3, -0.25) is 14.2 Å². The minimum atomic E-state index is -0.00288. The van der Waals surface area contributed by atoms with Gasteiger partial charge in [-0.1, -0.05) is 30.0 Å². The van der Waals surface area contributed by atoms with E-state index in [1.165, 1.54) is 35.0 Å². The van der Waals surface area contributed by atoms with Gasteiger partial charge in [-0.15, -0.1) is 11.3 Å². The molecule has 1 fully saturated rings. The third-order valence-electron chi connectivity index (χ3n) is 6.42. The van der Waals surface area contributed by atoms with Crippen molar-refractivity contribution in [2.45, 2.75) is 63.1 Å². The van der Waals surface area contributed by atoms with Crippen LogP contribution in [0.2, 0.25) is 0 Å². The highest BCUT2D eigenvalue weighted by molar-refractivity contribution is 7.99. The van der Waals surface area contributed by atoms with Crippen LogP contribution in [0.3, 0.4) is 0 Å². The maximum absolute atomic E-state index is 13.7. The molecule has 162 valence electrons. The van der Waals surface area contributed by atoms with Crippen LogP contribution in [0.5, 0.6) is 0 Å². The van der Waals surface area contributed by atoms with E-state index in [1.54, 1.807) is 15.9 Å². The first-order chi connectivity index (χ1) is 15.1. The van der Waals surface area contributed by atoms with Crippen LogP contribution in [0.1, 0.15) is 49.5 Å². The minimum absolute atomic E-state index is 0.00288. The van der Waals surface area contributed by atoms with E-state index >= 15 is 0 Å². The van der Waals surface area contributed by atoms with E-state index in [1.807, 2.05) is 35.2 Å². The zero-order valence-corrected chi connectivity index (χ0v) is 19.4. The maximum atomic E-state index is 13.7. The Balaban J connectivity index is 1.55. The predicted molar refractivity (Wildman–Crippen MR) is 128 cm³/mol. The maximum Gasteiger partial charge on any atom is 0.267 e. The van der Waals surface area contributed by atoms with E-state index in [2.05, 4.69) is 6.92 Å². The minimum Gasteiger partial charge on any atom is -0.339 e. The van der Waals surface area contributed by atoms with Gasteiger partial charge < -0.3 is 4.90 Å². The quantitative estimate of drug-likeness (QED) is 0.420. The molecule has 2 aromatic heterocycles. The highest BCUT2D eigenvalue weighted by atomic mass is 32.2. The van der Waals surface area contributed by atoms with E-state index in [-0.39, 0.29) is 17.5 Å². The number of fused-ring (bicyclic) bond motifs is 3. The van der Waals surface area contributed by atoms with Crippen molar-refractivity contribution in [2.75, 3.05) is 12.3 Å². The van der Waals surface area contributed by atoms with Crippen LogP contribution in [0, 0.1) is 0 Å². The molecule has 31 heavy (non-hydrogen) atoms. The van der Waals surface area contributed by atoms with Crippen LogP contribution in [0.4, 0.5) is 0 Å². The summed E-state index contributed by atoms with van der Waals surface area (Å²) >= 11 is 3.05. The molecule has 0 saturated carbocycles. The van der Waals surface area contributed by atoms with Gasteiger partial charge in [-0.2, -0.15) is 0 Å². The van der Waals surface area contributed by atoms with Crippen molar-refractivity contribution in [3.05, 3.63) is 51.1 Å². The predicted octanol–water partition coefficient (Wildman–Crippen LogP) is 4.82. The highest BCUT2D eigenvalue weighted by Gasteiger charge is 2.26. The molecule has 1 atom stereocenters. The average Bonchev–Trinajstić information content (AvgIpc) is 3.17. The van der Waals surface area contributed by atoms with E-state index in [9.17, 15) is 9.59 Å². The Kier molecular flexibility index (Phi) is 5.89. The molecule has 0 bridgehead atoms. The number of benzene rings is 1. The summed E-state index contributed by atoms with van der Waals surface area (Å²) in [6, 6.07) is 9.98. The topological polar surface area (TPSA) is 55.2 Å². The third kappa shape index (κ3) is 3.94. The molecule has 1 aliphatic heterocycles. The summed E-state index contributed by atoms with van der Waals surface area (Å²) in [7, 11) is 0. The monoisotopic (exact) mass is 453 g/mol. The molecule has 1 unspecified atom stereocenters. The van der Waals surface area contributed by atoms with Gasteiger partial charge in [0.1, 0.15) is 4.83 Å². The van der Waals surface area contributed by atoms with Gasteiger partial charge in [0, 0.05) is 17.5 Å². The summed E-state index contributed by atoms with van der Waals surface area (Å²) in [4.78, 5) is 35.7. The number of carbonyl (C=O) groups excluding carboxylic acids is 1. The average molecular weight is 454 g/mol. The number of para-hydroxylation sites is 1. The van der Waals surface area contributed by atoms with Crippen LogP contribution in [0.15, 0.2) is 40.3 Å². The fourth-order valence-electron chi connectivity index (χ4n) is 4.77.